The first-order valence-electron chi connectivity index (χ1n) is 4.86. The molecule has 1 atom stereocenters. The van der Waals surface area contributed by atoms with Gasteiger partial charge in [-0.15, -0.1) is 0 Å². The molecular weight excluding hydrogens is 228 g/mol. The van der Waals surface area contributed by atoms with Gasteiger partial charge < -0.3 is 14.6 Å². The predicted octanol–water partition coefficient (Wildman–Crippen LogP) is 2.88. The average Bonchev–Trinajstić information content (AvgIpc) is 2.25. The number of aliphatic hydroxyl groups excluding tert-OH is 1. The van der Waals surface area contributed by atoms with E-state index >= 15 is 0 Å². The van der Waals surface area contributed by atoms with Crippen molar-refractivity contribution in [3.63, 3.8) is 0 Å². The Hall–Kier alpha value is -1.19. The van der Waals surface area contributed by atoms with Crippen molar-refractivity contribution in [2.45, 2.75) is 13.0 Å². The van der Waals surface area contributed by atoms with Gasteiger partial charge in [-0.1, -0.05) is 24.2 Å². The molecular formula is C12H15ClO3. The van der Waals surface area contributed by atoms with Crippen LogP contribution in [0.3, 0.4) is 0 Å². The van der Waals surface area contributed by atoms with E-state index in [1.54, 1.807) is 32.2 Å². The van der Waals surface area contributed by atoms with Crippen molar-refractivity contribution in [2.24, 2.45) is 0 Å². The minimum absolute atomic E-state index is 0.228. The molecule has 1 rings (SSSR count). The van der Waals surface area contributed by atoms with Crippen LogP contribution in [0.25, 0.3) is 0 Å². The summed E-state index contributed by atoms with van der Waals surface area (Å²) >= 11 is 5.60. The lowest BCUT2D eigenvalue weighted by molar-refractivity contribution is 0.198. The summed E-state index contributed by atoms with van der Waals surface area (Å²) in [5.41, 5.74) is 0.772. The van der Waals surface area contributed by atoms with Gasteiger partial charge in [-0.2, -0.15) is 0 Å². The summed E-state index contributed by atoms with van der Waals surface area (Å²) < 4.78 is 10.5. The largest absolute Gasteiger partial charge is 0.493 e. The van der Waals surface area contributed by atoms with Crippen molar-refractivity contribution in [3.05, 3.63) is 35.4 Å². The Labute approximate surface area is 100 Å². The van der Waals surface area contributed by atoms with E-state index < -0.39 is 6.10 Å². The predicted molar refractivity (Wildman–Crippen MR) is 64.1 cm³/mol. The molecule has 0 amide bonds. The molecule has 0 unspecified atom stereocenters. The number of hydrogen-bond acceptors (Lipinski definition) is 3. The van der Waals surface area contributed by atoms with E-state index in [4.69, 9.17) is 21.1 Å². The minimum Gasteiger partial charge on any atom is -0.493 e. The van der Waals surface area contributed by atoms with Crippen LogP contribution in [0.2, 0.25) is 0 Å². The molecule has 0 bridgehead atoms. The number of rotatable bonds is 5. The van der Waals surface area contributed by atoms with Crippen LogP contribution < -0.4 is 9.47 Å². The fourth-order valence-corrected chi connectivity index (χ4v) is 1.27. The molecule has 0 heterocycles. The Balaban J connectivity index is 2.88. The zero-order valence-electron chi connectivity index (χ0n) is 9.37. The second-order valence-corrected chi connectivity index (χ2v) is 3.93. The summed E-state index contributed by atoms with van der Waals surface area (Å²) in [5.74, 6) is 1.14. The molecule has 0 saturated carbocycles. The summed E-state index contributed by atoms with van der Waals surface area (Å²) in [6, 6.07) is 5.25. The lowest BCUT2D eigenvalue weighted by Crippen LogP contribution is -2.00. The van der Waals surface area contributed by atoms with E-state index in [0.717, 1.165) is 5.56 Å². The maximum atomic E-state index is 9.42. The van der Waals surface area contributed by atoms with Crippen molar-refractivity contribution in [2.75, 3.05) is 13.7 Å². The monoisotopic (exact) mass is 242 g/mol. The number of hydrogen-bond donors (Lipinski definition) is 1. The highest BCUT2D eigenvalue weighted by Crippen LogP contribution is 2.30. The smallest absolute Gasteiger partial charge is 0.161 e. The lowest BCUT2D eigenvalue weighted by atomic mass is 10.1. The highest BCUT2D eigenvalue weighted by Gasteiger charge is 2.08. The van der Waals surface area contributed by atoms with E-state index in [2.05, 4.69) is 6.58 Å². The average molecular weight is 243 g/mol. The zero-order valence-corrected chi connectivity index (χ0v) is 10.1. The first-order valence-corrected chi connectivity index (χ1v) is 5.24. The summed E-state index contributed by atoms with van der Waals surface area (Å²) in [4.78, 5) is 0. The number of aliphatic hydroxyl groups is 1. The second kappa shape index (κ2) is 5.77. The third kappa shape index (κ3) is 3.43. The van der Waals surface area contributed by atoms with Gasteiger partial charge in [-0.25, -0.2) is 0 Å². The Morgan fingerprint density at radius 1 is 1.50 bits per heavy atom. The molecule has 0 aliphatic heterocycles. The molecule has 0 aliphatic carbocycles. The molecule has 3 nitrogen and oxygen atoms in total. The third-order valence-corrected chi connectivity index (χ3v) is 2.16. The van der Waals surface area contributed by atoms with Crippen LogP contribution >= 0.6 is 11.6 Å². The summed E-state index contributed by atoms with van der Waals surface area (Å²) in [7, 11) is 1.55. The first-order chi connectivity index (χ1) is 7.54. The number of methoxy groups -OCH3 is 1. The fraction of sp³-hybridized carbons (Fsp3) is 0.333. The molecule has 0 saturated heterocycles. The van der Waals surface area contributed by atoms with Crippen LogP contribution in [0.4, 0.5) is 0 Å². The Bertz CT molecular complexity index is 375. The van der Waals surface area contributed by atoms with Gasteiger partial charge in [0.05, 0.1) is 13.2 Å². The van der Waals surface area contributed by atoms with Crippen molar-refractivity contribution in [1.29, 1.82) is 0 Å². The first kappa shape index (κ1) is 12.9. The number of benzene rings is 1. The molecule has 1 N–H and O–H groups in total. The standard InChI is InChI=1S/C12H15ClO3/c1-8(13)7-16-11-5-4-10(9(2)14)6-12(11)15-3/h4-6,9,14H,1,7H2,2-3H3/t9-/m0/s1. The van der Waals surface area contributed by atoms with E-state index in [1.165, 1.54) is 0 Å². The zero-order chi connectivity index (χ0) is 12.1. The number of ether oxygens (including phenoxy) is 2. The SMILES string of the molecule is C=C(Cl)COc1ccc([C@H](C)O)cc1OC. The van der Waals surface area contributed by atoms with Gasteiger partial charge in [0.15, 0.2) is 11.5 Å². The van der Waals surface area contributed by atoms with Crippen molar-refractivity contribution < 1.29 is 14.6 Å². The van der Waals surface area contributed by atoms with Crippen LogP contribution in [0.15, 0.2) is 29.8 Å². The van der Waals surface area contributed by atoms with Crippen LogP contribution in [-0.4, -0.2) is 18.8 Å². The Morgan fingerprint density at radius 2 is 2.19 bits per heavy atom. The van der Waals surface area contributed by atoms with Crippen molar-refractivity contribution in [3.8, 4) is 11.5 Å². The summed E-state index contributed by atoms with van der Waals surface area (Å²) in [6.07, 6.45) is -0.536. The topological polar surface area (TPSA) is 38.7 Å². The van der Waals surface area contributed by atoms with E-state index in [-0.39, 0.29) is 6.61 Å². The molecule has 16 heavy (non-hydrogen) atoms. The maximum absolute atomic E-state index is 9.42. The van der Waals surface area contributed by atoms with Crippen LogP contribution in [0.1, 0.15) is 18.6 Å². The quantitative estimate of drug-likeness (QED) is 0.863. The van der Waals surface area contributed by atoms with Crippen molar-refractivity contribution >= 4 is 11.6 Å². The molecule has 1 aromatic carbocycles. The lowest BCUT2D eigenvalue weighted by Gasteiger charge is -2.12. The molecule has 0 fully saturated rings. The molecule has 4 heteroatoms. The van der Waals surface area contributed by atoms with Crippen LogP contribution in [0, 0.1) is 0 Å². The van der Waals surface area contributed by atoms with Crippen LogP contribution in [-0.2, 0) is 0 Å². The molecule has 0 aliphatic rings. The Kier molecular flexibility index (Phi) is 4.65. The molecule has 1 aromatic rings. The molecule has 0 spiro atoms. The van der Waals surface area contributed by atoms with Gasteiger partial charge >= 0.3 is 0 Å². The highest BCUT2D eigenvalue weighted by molar-refractivity contribution is 6.29. The maximum Gasteiger partial charge on any atom is 0.161 e. The van der Waals surface area contributed by atoms with E-state index in [0.29, 0.717) is 16.5 Å². The fourth-order valence-electron chi connectivity index (χ4n) is 1.22. The molecule has 0 aromatic heterocycles. The minimum atomic E-state index is -0.536. The Morgan fingerprint density at radius 3 is 2.69 bits per heavy atom. The summed E-state index contributed by atoms with van der Waals surface area (Å²) in [6.45, 7) is 5.45. The van der Waals surface area contributed by atoms with Gasteiger partial charge in [0.1, 0.15) is 6.61 Å². The third-order valence-electron chi connectivity index (χ3n) is 2.05. The van der Waals surface area contributed by atoms with Crippen molar-refractivity contribution in [1.82, 2.24) is 0 Å². The molecule has 0 radical (unpaired) electrons. The molecule has 88 valence electrons. The second-order valence-electron chi connectivity index (χ2n) is 3.39. The van der Waals surface area contributed by atoms with E-state index in [1.807, 2.05) is 0 Å². The highest BCUT2D eigenvalue weighted by atomic mass is 35.5. The van der Waals surface area contributed by atoms with Gasteiger partial charge in [-0.3, -0.25) is 0 Å². The number of halogens is 1. The van der Waals surface area contributed by atoms with Gasteiger partial charge in [0.25, 0.3) is 0 Å². The van der Waals surface area contributed by atoms with Crippen LogP contribution in [0.5, 0.6) is 11.5 Å². The van der Waals surface area contributed by atoms with E-state index in [9.17, 15) is 5.11 Å². The van der Waals surface area contributed by atoms with Gasteiger partial charge in [0, 0.05) is 5.03 Å². The normalized spacial score (nSPS) is 12.0. The van der Waals surface area contributed by atoms with Gasteiger partial charge in [0.2, 0.25) is 0 Å². The summed E-state index contributed by atoms with van der Waals surface area (Å²) in [5, 5.41) is 9.84. The van der Waals surface area contributed by atoms with Gasteiger partial charge in [-0.05, 0) is 24.6 Å².